The van der Waals surface area contributed by atoms with Crippen molar-refractivity contribution in [1.29, 1.82) is 0 Å². The zero-order valence-corrected chi connectivity index (χ0v) is 14.4. The van der Waals surface area contributed by atoms with Crippen molar-refractivity contribution in [3.8, 4) is 0 Å². The normalized spacial score (nSPS) is 17.9. The van der Waals surface area contributed by atoms with Crippen LogP contribution in [0.2, 0.25) is 0 Å². The molecular weight excluding hydrogens is 309 g/mol. The molecule has 0 amide bonds. The molecule has 0 radical (unpaired) electrons. The van der Waals surface area contributed by atoms with Crippen molar-refractivity contribution in [1.82, 2.24) is 10.6 Å². The third-order valence-electron chi connectivity index (χ3n) is 3.90. The molecule has 0 saturated carbocycles. The van der Waals surface area contributed by atoms with Gasteiger partial charge in [-0.3, -0.25) is 4.99 Å². The summed E-state index contributed by atoms with van der Waals surface area (Å²) in [4.78, 5) is 4.20. The van der Waals surface area contributed by atoms with Crippen molar-refractivity contribution in [3.63, 3.8) is 0 Å². The van der Waals surface area contributed by atoms with E-state index in [9.17, 15) is 4.39 Å². The Morgan fingerprint density at radius 2 is 2.17 bits per heavy atom. The van der Waals surface area contributed by atoms with Crippen LogP contribution in [0.1, 0.15) is 24.8 Å². The number of hydrogen-bond acceptors (Lipinski definition) is 3. The lowest BCUT2D eigenvalue weighted by Crippen LogP contribution is -2.38. The zero-order valence-electron chi connectivity index (χ0n) is 14.4. The van der Waals surface area contributed by atoms with Crippen LogP contribution in [0, 0.1) is 5.82 Å². The van der Waals surface area contributed by atoms with E-state index in [1.165, 1.54) is 6.07 Å². The second-order valence-corrected chi connectivity index (χ2v) is 5.87. The maximum Gasteiger partial charge on any atom is 0.190 e. The van der Waals surface area contributed by atoms with E-state index in [4.69, 9.17) is 9.47 Å². The predicted molar refractivity (Wildman–Crippen MR) is 93.9 cm³/mol. The van der Waals surface area contributed by atoms with E-state index in [-0.39, 0.29) is 11.9 Å². The fourth-order valence-corrected chi connectivity index (χ4v) is 2.59. The average Bonchev–Trinajstić information content (AvgIpc) is 3.10. The number of benzene rings is 1. The van der Waals surface area contributed by atoms with Crippen molar-refractivity contribution in [3.05, 3.63) is 35.6 Å². The van der Waals surface area contributed by atoms with Gasteiger partial charge in [-0.05, 0) is 43.4 Å². The van der Waals surface area contributed by atoms with Crippen LogP contribution < -0.4 is 10.6 Å². The van der Waals surface area contributed by atoms with Crippen LogP contribution in [-0.4, -0.2) is 52.0 Å². The topological polar surface area (TPSA) is 54.9 Å². The first-order valence-electron chi connectivity index (χ1n) is 8.66. The quantitative estimate of drug-likeness (QED) is 0.412. The monoisotopic (exact) mass is 337 g/mol. The lowest BCUT2D eigenvalue weighted by molar-refractivity contribution is 0.0420. The van der Waals surface area contributed by atoms with Crippen molar-refractivity contribution in [2.45, 2.75) is 31.8 Å². The molecule has 134 valence electrons. The number of halogens is 1. The number of rotatable bonds is 9. The van der Waals surface area contributed by atoms with Crippen LogP contribution in [0.5, 0.6) is 0 Å². The molecule has 0 aliphatic carbocycles. The van der Waals surface area contributed by atoms with Gasteiger partial charge in [-0.2, -0.15) is 0 Å². The molecule has 5 nitrogen and oxygen atoms in total. The number of ether oxygens (including phenoxy) is 2. The third kappa shape index (κ3) is 7.27. The number of nitrogens with zero attached hydrogens (tertiary/aromatic N) is 1. The summed E-state index contributed by atoms with van der Waals surface area (Å²) in [6.45, 7) is 3.89. The highest BCUT2D eigenvalue weighted by atomic mass is 19.1. The van der Waals surface area contributed by atoms with Crippen molar-refractivity contribution in [2.75, 3.05) is 40.0 Å². The molecule has 0 aromatic heterocycles. The van der Waals surface area contributed by atoms with Crippen molar-refractivity contribution < 1.29 is 13.9 Å². The molecule has 24 heavy (non-hydrogen) atoms. The summed E-state index contributed by atoms with van der Waals surface area (Å²) in [7, 11) is 1.76. The lowest BCUT2D eigenvalue weighted by Gasteiger charge is -2.13. The molecule has 6 heteroatoms. The Balaban J connectivity index is 1.50. The van der Waals surface area contributed by atoms with Gasteiger partial charge in [0.15, 0.2) is 5.96 Å². The molecule has 1 atom stereocenters. The molecule has 1 aliphatic rings. The SMILES string of the molecule is CN=C(NCCCOC1CCOC1)NCCCc1cccc(F)c1. The van der Waals surface area contributed by atoms with Gasteiger partial charge in [-0.25, -0.2) is 4.39 Å². The van der Waals surface area contributed by atoms with E-state index in [0.717, 1.165) is 70.1 Å². The molecule has 1 aromatic rings. The number of nitrogens with one attached hydrogen (secondary N) is 2. The maximum absolute atomic E-state index is 13.1. The molecule has 1 heterocycles. The van der Waals surface area contributed by atoms with E-state index >= 15 is 0 Å². The molecule has 1 aromatic carbocycles. The smallest absolute Gasteiger partial charge is 0.190 e. The summed E-state index contributed by atoms with van der Waals surface area (Å²) in [5.41, 5.74) is 1.02. The molecular formula is C18H28FN3O2. The summed E-state index contributed by atoms with van der Waals surface area (Å²) < 4.78 is 24.1. The van der Waals surface area contributed by atoms with E-state index in [1.54, 1.807) is 19.2 Å². The number of guanidine groups is 1. The highest BCUT2D eigenvalue weighted by Gasteiger charge is 2.15. The van der Waals surface area contributed by atoms with Gasteiger partial charge in [0.1, 0.15) is 5.82 Å². The number of aryl methyl sites for hydroxylation is 1. The van der Waals surface area contributed by atoms with Crippen molar-refractivity contribution >= 4 is 5.96 Å². The van der Waals surface area contributed by atoms with Crippen LogP contribution >= 0.6 is 0 Å². The summed E-state index contributed by atoms with van der Waals surface area (Å²) in [5, 5.41) is 6.54. The lowest BCUT2D eigenvalue weighted by atomic mass is 10.1. The van der Waals surface area contributed by atoms with Gasteiger partial charge in [0, 0.05) is 33.4 Å². The second-order valence-electron chi connectivity index (χ2n) is 5.87. The van der Waals surface area contributed by atoms with E-state index in [1.807, 2.05) is 6.07 Å². The first-order valence-corrected chi connectivity index (χ1v) is 8.66. The molecule has 1 unspecified atom stereocenters. The first-order chi connectivity index (χ1) is 11.8. The van der Waals surface area contributed by atoms with E-state index < -0.39 is 0 Å². The minimum absolute atomic E-state index is 0.177. The molecule has 1 saturated heterocycles. The standard InChI is InChI=1S/C18H28FN3O2/c1-20-18(22-10-4-11-24-17-8-12-23-14-17)21-9-3-6-15-5-2-7-16(19)13-15/h2,5,7,13,17H,3-4,6,8-12,14H2,1H3,(H2,20,21,22). The number of hydrogen-bond donors (Lipinski definition) is 2. The van der Waals surface area contributed by atoms with Gasteiger partial charge >= 0.3 is 0 Å². The molecule has 1 aliphatic heterocycles. The Hall–Kier alpha value is -1.66. The Kier molecular flexibility index (Phi) is 8.55. The highest BCUT2D eigenvalue weighted by molar-refractivity contribution is 5.79. The first kappa shape index (κ1) is 18.7. The van der Waals surface area contributed by atoms with Gasteiger partial charge in [-0.1, -0.05) is 12.1 Å². The summed E-state index contributed by atoms with van der Waals surface area (Å²) in [5.74, 6) is 0.614. The van der Waals surface area contributed by atoms with Crippen molar-refractivity contribution in [2.24, 2.45) is 4.99 Å². The summed E-state index contributed by atoms with van der Waals surface area (Å²) in [6.07, 6.45) is 3.97. The van der Waals surface area contributed by atoms with Crippen LogP contribution in [-0.2, 0) is 15.9 Å². The largest absolute Gasteiger partial charge is 0.379 e. The van der Waals surface area contributed by atoms with Gasteiger partial charge in [-0.15, -0.1) is 0 Å². The fourth-order valence-electron chi connectivity index (χ4n) is 2.59. The Bertz CT molecular complexity index is 505. The second kappa shape index (κ2) is 11.0. The minimum Gasteiger partial charge on any atom is -0.379 e. The molecule has 2 rings (SSSR count). The average molecular weight is 337 g/mol. The fraction of sp³-hybridized carbons (Fsp3) is 0.611. The van der Waals surface area contributed by atoms with Gasteiger partial charge in [0.2, 0.25) is 0 Å². The molecule has 1 fully saturated rings. The Morgan fingerprint density at radius 1 is 1.33 bits per heavy atom. The molecule has 2 N–H and O–H groups in total. The minimum atomic E-state index is -0.177. The van der Waals surface area contributed by atoms with Crippen LogP contribution in [0.3, 0.4) is 0 Å². The molecule has 0 spiro atoms. The van der Waals surface area contributed by atoms with Gasteiger partial charge < -0.3 is 20.1 Å². The van der Waals surface area contributed by atoms with Crippen LogP contribution in [0.4, 0.5) is 4.39 Å². The van der Waals surface area contributed by atoms with E-state index in [2.05, 4.69) is 15.6 Å². The maximum atomic E-state index is 13.1. The zero-order chi connectivity index (χ0) is 17.0. The van der Waals surface area contributed by atoms with Gasteiger partial charge in [0.25, 0.3) is 0 Å². The van der Waals surface area contributed by atoms with E-state index in [0.29, 0.717) is 0 Å². The van der Waals surface area contributed by atoms with Crippen LogP contribution in [0.25, 0.3) is 0 Å². The predicted octanol–water partition coefficient (Wildman–Crippen LogP) is 2.12. The Labute approximate surface area is 143 Å². The van der Waals surface area contributed by atoms with Crippen LogP contribution in [0.15, 0.2) is 29.3 Å². The Morgan fingerprint density at radius 3 is 2.88 bits per heavy atom. The van der Waals surface area contributed by atoms with Gasteiger partial charge in [0.05, 0.1) is 12.7 Å². The number of aliphatic imine (C=N–C) groups is 1. The highest BCUT2D eigenvalue weighted by Crippen LogP contribution is 2.08. The molecule has 0 bridgehead atoms. The third-order valence-corrected chi connectivity index (χ3v) is 3.90. The summed E-state index contributed by atoms with van der Waals surface area (Å²) in [6, 6.07) is 6.75. The summed E-state index contributed by atoms with van der Waals surface area (Å²) >= 11 is 0.